The number of hydrogen-bond donors (Lipinski definition) is 0. The number of fused-ring (bicyclic) bond motifs is 1. The van der Waals surface area contributed by atoms with Gasteiger partial charge in [-0.2, -0.15) is 0 Å². The van der Waals surface area contributed by atoms with Crippen LogP contribution < -0.4 is 0 Å². The minimum atomic E-state index is -0.874. The Balaban J connectivity index is 1.23. The van der Waals surface area contributed by atoms with Gasteiger partial charge in [-0.05, 0) is 105 Å². The van der Waals surface area contributed by atoms with E-state index in [4.69, 9.17) is 9.47 Å². The second-order valence-corrected chi connectivity index (χ2v) is 19.0. The number of quaternary nitrogens is 1. The largest absolute Gasteiger partial charge is 0.343 e. The molecule has 0 amide bonds. The predicted octanol–water partition coefficient (Wildman–Crippen LogP) is 13.8. The molecular weight excluding hydrogens is 779 g/mol. The van der Waals surface area contributed by atoms with Gasteiger partial charge in [0.2, 0.25) is 0 Å². The van der Waals surface area contributed by atoms with Gasteiger partial charge in [0, 0.05) is 12.8 Å². The van der Waals surface area contributed by atoms with E-state index < -0.39 is 16.6 Å². The first-order valence-electron chi connectivity index (χ1n) is 23.2. The highest BCUT2D eigenvalue weighted by molar-refractivity contribution is 5.70. The van der Waals surface area contributed by atoms with Crippen molar-refractivity contribution in [2.24, 2.45) is 0 Å². The summed E-state index contributed by atoms with van der Waals surface area (Å²) >= 11 is 0. The van der Waals surface area contributed by atoms with Gasteiger partial charge in [-0.25, -0.2) is 0 Å². The van der Waals surface area contributed by atoms with Crippen molar-refractivity contribution in [1.29, 1.82) is 0 Å². The van der Waals surface area contributed by atoms with Gasteiger partial charge in [0.1, 0.15) is 12.2 Å². The van der Waals surface area contributed by atoms with E-state index in [9.17, 15) is 0 Å². The third kappa shape index (κ3) is 7.13. The van der Waals surface area contributed by atoms with E-state index in [0.717, 1.165) is 30.7 Å². The Kier molecular flexibility index (Phi) is 10.3. The van der Waals surface area contributed by atoms with Crippen molar-refractivity contribution in [2.45, 2.75) is 55.5 Å². The Hall–Kier alpha value is -6.36. The lowest BCUT2D eigenvalue weighted by Crippen LogP contribution is -2.58. The van der Waals surface area contributed by atoms with E-state index in [1.54, 1.807) is 0 Å². The van der Waals surface area contributed by atoms with Crippen LogP contribution in [0.25, 0.3) is 44.5 Å². The number of ether oxygens (including phenoxy) is 2. The Morgan fingerprint density at radius 3 is 0.891 bits per heavy atom. The molecule has 3 aliphatic rings. The Morgan fingerprint density at radius 2 is 0.609 bits per heavy atom. The van der Waals surface area contributed by atoms with Crippen molar-refractivity contribution in [3.05, 3.63) is 241 Å². The van der Waals surface area contributed by atoms with Gasteiger partial charge < -0.3 is 14.0 Å². The highest BCUT2D eigenvalue weighted by atomic mass is 16.8. The van der Waals surface area contributed by atoms with Crippen LogP contribution in [-0.2, 0) is 20.3 Å². The standard InChI is InChI=1S/C61H56NO2/c1-59(2)63-57-58(64-59)61(55-35-19-31-51(41-55)47-25-11-5-12-26-47,56-36-20-32-52(42-56)48-27-13-6-14-28-48)44-62(37-15-16-38-62)43-60(57,53-33-17-29-49(39-53)45-21-7-3-8-22-45)54-34-18-30-50(40-54)46-23-9-4-10-24-46/h3-14,17-36,39-42,57-58H,15-16,37-38,43-44H2,1-2H3/q+1/t57-,58-/m1/s1. The second kappa shape index (κ2) is 16.3. The Labute approximate surface area is 379 Å². The highest BCUT2D eigenvalue weighted by Crippen LogP contribution is 2.58. The number of benzene rings is 8. The summed E-state index contributed by atoms with van der Waals surface area (Å²) in [6.07, 6.45) is 1.60. The van der Waals surface area contributed by atoms with E-state index in [2.05, 4.69) is 232 Å². The minimum absolute atomic E-state index is 0.376. The van der Waals surface area contributed by atoms with E-state index in [1.165, 1.54) is 79.6 Å². The summed E-state index contributed by atoms with van der Waals surface area (Å²) in [4.78, 5) is 0. The molecule has 8 aromatic carbocycles. The normalized spacial score (nSPS) is 20.3. The van der Waals surface area contributed by atoms with Gasteiger partial charge in [-0.3, -0.25) is 0 Å². The molecule has 3 heterocycles. The van der Waals surface area contributed by atoms with Gasteiger partial charge in [0.25, 0.3) is 0 Å². The molecule has 0 bridgehead atoms. The van der Waals surface area contributed by atoms with Crippen LogP contribution >= 0.6 is 0 Å². The fourth-order valence-electron chi connectivity index (χ4n) is 11.9. The molecule has 0 aliphatic carbocycles. The van der Waals surface area contributed by atoms with E-state index >= 15 is 0 Å². The highest BCUT2D eigenvalue weighted by Gasteiger charge is 2.68. The molecule has 3 aliphatic heterocycles. The first-order valence-corrected chi connectivity index (χ1v) is 23.2. The quantitative estimate of drug-likeness (QED) is 0.142. The van der Waals surface area contributed by atoms with E-state index in [1.807, 2.05) is 0 Å². The summed E-state index contributed by atoms with van der Waals surface area (Å²) in [5.41, 5.74) is 13.5. The molecule has 0 aromatic heterocycles. The molecular formula is C61H56NO2+. The van der Waals surface area contributed by atoms with Crippen LogP contribution in [0.4, 0.5) is 0 Å². The minimum Gasteiger partial charge on any atom is -0.343 e. The lowest BCUT2D eigenvalue weighted by atomic mass is 9.62. The predicted molar refractivity (Wildman–Crippen MR) is 262 cm³/mol. The molecule has 316 valence electrons. The van der Waals surface area contributed by atoms with Gasteiger partial charge in [0.05, 0.1) is 37.0 Å². The number of hydrogen-bond acceptors (Lipinski definition) is 2. The first kappa shape index (κ1) is 40.4. The van der Waals surface area contributed by atoms with Crippen LogP contribution in [0.1, 0.15) is 48.9 Å². The van der Waals surface area contributed by atoms with Crippen molar-refractivity contribution >= 4 is 0 Å². The zero-order valence-electron chi connectivity index (χ0n) is 36.9. The summed E-state index contributed by atoms with van der Waals surface area (Å²) in [5, 5.41) is 0. The molecule has 3 heteroatoms. The average molecular weight is 835 g/mol. The molecule has 0 radical (unpaired) electrons. The van der Waals surface area contributed by atoms with Crippen molar-refractivity contribution < 1.29 is 14.0 Å². The molecule has 64 heavy (non-hydrogen) atoms. The summed E-state index contributed by atoms with van der Waals surface area (Å²) in [6, 6.07) is 81.0. The SMILES string of the molecule is CC1(C)O[C@@H]2[C@@H](O1)C(c1cccc(-c3ccccc3)c1)(c1cccc(-c3ccccc3)c1)C[N+]1(CCCC1)CC2(c1cccc(-c2ccccc2)c1)c1cccc(-c2ccccc2)c1. The van der Waals surface area contributed by atoms with Gasteiger partial charge >= 0.3 is 0 Å². The van der Waals surface area contributed by atoms with Crippen LogP contribution in [0.2, 0.25) is 0 Å². The zero-order chi connectivity index (χ0) is 43.2. The third-order valence-corrected chi connectivity index (χ3v) is 14.7. The van der Waals surface area contributed by atoms with Gasteiger partial charge in [-0.15, -0.1) is 0 Å². The summed E-state index contributed by atoms with van der Waals surface area (Å²) in [5.74, 6) is -0.874. The maximum atomic E-state index is 7.75. The molecule has 3 nitrogen and oxygen atoms in total. The first-order chi connectivity index (χ1) is 31.3. The molecule has 3 fully saturated rings. The van der Waals surface area contributed by atoms with Gasteiger partial charge in [0.15, 0.2) is 5.79 Å². The third-order valence-electron chi connectivity index (χ3n) is 14.7. The smallest absolute Gasteiger partial charge is 0.163 e. The molecule has 0 saturated carbocycles. The molecule has 3 saturated heterocycles. The summed E-state index contributed by atoms with van der Waals surface area (Å²) in [6.45, 7) is 8.20. The lowest BCUT2D eigenvalue weighted by Gasteiger charge is -2.46. The second-order valence-electron chi connectivity index (χ2n) is 19.0. The summed E-state index contributed by atoms with van der Waals surface area (Å²) in [7, 11) is 0. The topological polar surface area (TPSA) is 18.5 Å². The molecule has 1 spiro atoms. The van der Waals surface area contributed by atoms with E-state index in [0.29, 0.717) is 0 Å². The maximum Gasteiger partial charge on any atom is 0.163 e. The van der Waals surface area contributed by atoms with E-state index in [-0.39, 0.29) is 12.2 Å². The number of rotatable bonds is 8. The van der Waals surface area contributed by atoms with Crippen LogP contribution in [-0.4, -0.2) is 48.7 Å². The maximum absolute atomic E-state index is 7.75. The van der Waals surface area contributed by atoms with Crippen molar-refractivity contribution in [3.63, 3.8) is 0 Å². The van der Waals surface area contributed by atoms with Crippen LogP contribution in [0.15, 0.2) is 218 Å². The fourth-order valence-corrected chi connectivity index (χ4v) is 11.9. The van der Waals surface area contributed by atoms with Crippen LogP contribution in [0.5, 0.6) is 0 Å². The molecule has 0 N–H and O–H groups in total. The average Bonchev–Trinajstić information content (AvgIpc) is 3.94. The Bertz CT molecular complexity index is 2520. The Morgan fingerprint density at radius 1 is 0.344 bits per heavy atom. The van der Waals surface area contributed by atoms with Crippen LogP contribution in [0.3, 0.4) is 0 Å². The summed E-state index contributed by atoms with van der Waals surface area (Å²) < 4.78 is 16.4. The van der Waals surface area contributed by atoms with Crippen molar-refractivity contribution in [1.82, 2.24) is 0 Å². The van der Waals surface area contributed by atoms with Crippen molar-refractivity contribution in [3.8, 4) is 44.5 Å². The number of nitrogens with zero attached hydrogens (tertiary/aromatic N) is 1. The lowest BCUT2D eigenvalue weighted by molar-refractivity contribution is -0.922. The molecule has 8 aromatic rings. The molecule has 11 rings (SSSR count). The molecule has 0 unspecified atom stereocenters. The van der Waals surface area contributed by atoms with Gasteiger partial charge in [-0.1, -0.05) is 194 Å². The fraction of sp³-hybridized carbons (Fsp3) is 0.213. The van der Waals surface area contributed by atoms with Crippen LogP contribution in [0, 0.1) is 0 Å². The molecule has 2 atom stereocenters. The van der Waals surface area contributed by atoms with Crippen molar-refractivity contribution in [2.75, 3.05) is 26.2 Å². The monoisotopic (exact) mass is 834 g/mol. The zero-order valence-corrected chi connectivity index (χ0v) is 36.9.